The van der Waals surface area contributed by atoms with Crippen LogP contribution in [0.25, 0.3) is 0 Å². The number of anilines is 1. The highest BCUT2D eigenvalue weighted by Gasteiger charge is 2.72. The summed E-state index contributed by atoms with van der Waals surface area (Å²) in [5, 5.41) is 6.40. The Morgan fingerprint density at radius 2 is 1.78 bits per heavy atom. The minimum absolute atomic E-state index is 0.0520. The van der Waals surface area contributed by atoms with Gasteiger partial charge in [0, 0.05) is 24.8 Å². The van der Waals surface area contributed by atoms with Gasteiger partial charge >= 0.3 is 0 Å². The number of rotatable bonds is 11. The Labute approximate surface area is 273 Å². The Morgan fingerprint density at radius 1 is 1.04 bits per heavy atom. The van der Waals surface area contributed by atoms with Gasteiger partial charge < -0.3 is 25.2 Å². The molecular weight excluding hydrogens is 576 g/mol. The number of hydrogen-bond acceptors (Lipinski definition) is 5. The summed E-state index contributed by atoms with van der Waals surface area (Å²) >= 11 is 0. The third kappa shape index (κ3) is 6.14. The van der Waals surface area contributed by atoms with Gasteiger partial charge in [0.2, 0.25) is 17.7 Å². The second-order valence-corrected chi connectivity index (χ2v) is 14.5. The Hall–Kier alpha value is -3.49. The van der Waals surface area contributed by atoms with Gasteiger partial charge in [0.25, 0.3) is 0 Å². The Bertz CT molecular complexity index is 1440. The monoisotopic (exact) mass is 626 g/mol. The largest absolute Gasteiger partial charge is 0.359 e. The molecule has 4 aliphatic rings. The van der Waals surface area contributed by atoms with Gasteiger partial charge in [0.05, 0.1) is 17.9 Å². The van der Waals surface area contributed by atoms with Crippen LogP contribution in [0.15, 0.2) is 66.7 Å². The van der Waals surface area contributed by atoms with Crippen molar-refractivity contribution >= 4 is 23.4 Å². The van der Waals surface area contributed by atoms with Crippen LogP contribution in [0, 0.1) is 23.7 Å². The Morgan fingerprint density at radius 3 is 2.50 bits per heavy atom. The predicted octanol–water partition coefficient (Wildman–Crippen LogP) is 5.36. The highest BCUT2D eigenvalue weighted by Crippen LogP contribution is 2.55. The Balaban J connectivity index is 1.22. The number of carbonyl (C=O) groups excluding carboxylic acids is 3. The molecular formula is C38H50N4O4. The molecule has 6 rings (SSSR count). The summed E-state index contributed by atoms with van der Waals surface area (Å²) in [5.41, 5.74) is 1.95. The maximum Gasteiger partial charge on any atom is 0.246 e. The predicted molar refractivity (Wildman–Crippen MR) is 180 cm³/mol. The second-order valence-electron chi connectivity index (χ2n) is 14.5. The van der Waals surface area contributed by atoms with E-state index < -0.39 is 29.6 Å². The van der Waals surface area contributed by atoms with Crippen LogP contribution in [-0.2, 0) is 25.7 Å². The van der Waals surface area contributed by atoms with E-state index in [0.717, 1.165) is 32.4 Å². The summed E-state index contributed by atoms with van der Waals surface area (Å²) in [6, 6.07) is 17.4. The molecule has 2 N–H and O–H groups in total. The number of benzene rings is 2. The van der Waals surface area contributed by atoms with Crippen LogP contribution in [-0.4, -0.2) is 71.4 Å². The van der Waals surface area contributed by atoms with E-state index in [1.54, 1.807) is 4.90 Å². The average molecular weight is 627 g/mol. The van der Waals surface area contributed by atoms with Crippen molar-refractivity contribution in [3.8, 4) is 0 Å². The number of hydrogen-bond donors (Lipinski definition) is 2. The minimum atomic E-state index is -1.16. The van der Waals surface area contributed by atoms with Crippen molar-refractivity contribution in [1.29, 1.82) is 0 Å². The maximum atomic E-state index is 14.4. The fourth-order valence-electron chi connectivity index (χ4n) is 8.22. The van der Waals surface area contributed by atoms with E-state index in [2.05, 4.69) is 62.4 Å². The van der Waals surface area contributed by atoms with Gasteiger partial charge in [-0.25, -0.2) is 0 Å². The van der Waals surface area contributed by atoms with E-state index in [1.807, 2.05) is 54.6 Å². The molecule has 3 fully saturated rings. The van der Waals surface area contributed by atoms with Crippen molar-refractivity contribution in [2.75, 3.05) is 25.5 Å². The van der Waals surface area contributed by atoms with Gasteiger partial charge in [-0.3, -0.25) is 14.4 Å². The molecule has 46 heavy (non-hydrogen) atoms. The molecule has 0 unspecified atom stereocenters. The standard InChI is InChI=1S/C38H50N4O4/c1-24(2)28-15-17-29(18-16-28)39-35(43)32-31-19-20-38(46-31)33(32)37(45)42(22-10-21-41(5)23-27-12-7-6-8-13-27)34(38)36(44)40-30-14-9-11-25(3)26(30)4/h6-8,12-13,15-20,24-26,30-34H,9-11,14,21-23H2,1-5H3,(H,39,43)(H,40,44)/t25-,26+,30-,31+,32-,33+,34+,38+/m1/s1. The summed E-state index contributed by atoms with van der Waals surface area (Å²) in [7, 11) is 2.07. The molecule has 246 valence electrons. The first-order chi connectivity index (χ1) is 22.1. The number of ether oxygens (including phenoxy) is 1. The fraction of sp³-hybridized carbons (Fsp3) is 0.553. The van der Waals surface area contributed by atoms with Crippen molar-refractivity contribution in [2.45, 2.75) is 89.6 Å². The lowest BCUT2D eigenvalue weighted by atomic mass is 9.73. The highest BCUT2D eigenvalue weighted by molar-refractivity contribution is 6.02. The molecule has 3 aliphatic heterocycles. The summed E-state index contributed by atoms with van der Waals surface area (Å²) in [6.07, 6.45) is 7.10. The number of likely N-dealkylation sites (tertiary alicyclic amines) is 1. The van der Waals surface area contributed by atoms with Crippen LogP contribution in [0.4, 0.5) is 5.69 Å². The van der Waals surface area contributed by atoms with E-state index >= 15 is 0 Å². The molecule has 0 radical (unpaired) electrons. The van der Waals surface area contributed by atoms with Crippen LogP contribution in [0.5, 0.6) is 0 Å². The zero-order valence-electron chi connectivity index (χ0n) is 27.9. The van der Waals surface area contributed by atoms with Crippen LogP contribution < -0.4 is 10.6 Å². The zero-order chi connectivity index (χ0) is 32.6. The van der Waals surface area contributed by atoms with Crippen LogP contribution >= 0.6 is 0 Å². The lowest BCUT2D eigenvalue weighted by Crippen LogP contribution is -2.58. The first-order valence-electron chi connectivity index (χ1n) is 17.2. The minimum Gasteiger partial charge on any atom is -0.359 e. The molecule has 1 spiro atoms. The van der Waals surface area contributed by atoms with Gasteiger partial charge in [-0.2, -0.15) is 0 Å². The maximum absolute atomic E-state index is 14.4. The third-order valence-corrected chi connectivity index (χ3v) is 11.0. The van der Waals surface area contributed by atoms with Crippen LogP contribution in [0.1, 0.15) is 70.4 Å². The van der Waals surface area contributed by atoms with E-state index in [-0.39, 0.29) is 23.8 Å². The van der Waals surface area contributed by atoms with Gasteiger partial charge in [-0.1, -0.05) is 95.2 Å². The lowest BCUT2D eigenvalue weighted by Gasteiger charge is -2.38. The summed E-state index contributed by atoms with van der Waals surface area (Å²) < 4.78 is 6.58. The second kappa shape index (κ2) is 13.3. The van der Waals surface area contributed by atoms with E-state index in [4.69, 9.17) is 4.74 Å². The van der Waals surface area contributed by atoms with Crippen molar-refractivity contribution in [2.24, 2.45) is 23.7 Å². The van der Waals surface area contributed by atoms with Crippen molar-refractivity contribution < 1.29 is 19.1 Å². The van der Waals surface area contributed by atoms with Crippen molar-refractivity contribution in [3.05, 3.63) is 77.9 Å². The van der Waals surface area contributed by atoms with Gasteiger partial charge in [0.1, 0.15) is 11.6 Å². The topological polar surface area (TPSA) is 91.0 Å². The van der Waals surface area contributed by atoms with E-state index in [9.17, 15) is 14.4 Å². The van der Waals surface area contributed by atoms with Gasteiger partial charge in [0.15, 0.2) is 0 Å². The third-order valence-electron chi connectivity index (χ3n) is 11.0. The number of fused-ring (bicyclic) bond motifs is 1. The molecule has 3 heterocycles. The smallest absolute Gasteiger partial charge is 0.246 e. The molecule has 1 aliphatic carbocycles. The van der Waals surface area contributed by atoms with Crippen molar-refractivity contribution in [3.63, 3.8) is 0 Å². The molecule has 2 aromatic rings. The molecule has 8 nitrogen and oxygen atoms in total. The zero-order valence-corrected chi connectivity index (χ0v) is 27.9. The lowest BCUT2D eigenvalue weighted by molar-refractivity contribution is -0.141. The van der Waals surface area contributed by atoms with E-state index in [0.29, 0.717) is 36.4 Å². The van der Waals surface area contributed by atoms with Gasteiger partial charge in [-0.05, 0) is 67.4 Å². The molecule has 1 saturated carbocycles. The first kappa shape index (κ1) is 32.5. The summed E-state index contributed by atoms with van der Waals surface area (Å²) in [6.45, 7) is 10.7. The van der Waals surface area contributed by atoms with Crippen molar-refractivity contribution in [1.82, 2.24) is 15.1 Å². The first-order valence-corrected chi connectivity index (χ1v) is 17.2. The number of amides is 3. The van der Waals surface area contributed by atoms with E-state index in [1.165, 1.54) is 11.1 Å². The fourth-order valence-corrected chi connectivity index (χ4v) is 8.22. The SMILES string of the molecule is CC(C)c1ccc(NC(=O)[C@@H]2[C@@H]3C=C[C@]4(O3)[C@@H]2C(=O)N(CCCN(C)Cc2ccccc2)[C@H]4C(=O)N[C@@H]2CCC[C@@H](C)[C@@H]2C)cc1. The summed E-state index contributed by atoms with van der Waals surface area (Å²) in [5.74, 6) is -0.794. The van der Waals surface area contributed by atoms with Gasteiger partial charge in [-0.15, -0.1) is 0 Å². The Kier molecular flexibility index (Phi) is 9.40. The van der Waals surface area contributed by atoms with Crippen LogP contribution in [0.2, 0.25) is 0 Å². The molecule has 8 heteroatoms. The molecule has 0 aromatic heterocycles. The average Bonchev–Trinajstić information content (AvgIpc) is 3.67. The number of carbonyl (C=O) groups is 3. The van der Waals surface area contributed by atoms with Crippen LogP contribution in [0.3, 0.4) is 0 Å². The highest BCUT2D eigenvalue weighted by atomic mass is 16.5. The molecule has 2 saturated heterocycles. The molecule has 8 atom stereocenters. The normalized spacial score (nSPS) is 31.5. The molecule has 3 amide bonds. The number of nitrogens with one attached hydrogen (secondary N) is 2. The quantitative estimate of drug-likeness (QED) is 0.328. The molecule has 2 bridgehead atoms. The molecule has 2 aromatic carbocycles. The number of nitrogens with zero attached hydrogens (tertiary/aromatic N) is 2. The summed E-state index contributed by atoms with van der Waals surface area (Å²) in [4.78, 5) is 46.5.